The summed E-state index contributed by atoms with van der Waals surface area (Å²) in [4.78, 5) is 7.28. The molecule has 6 rings (SSSR count). The van der Waals surface area contributed by atoms with Gasteiger partial charge in [0.1, 0.15) is 9.52 Å². The van der Waals surface area contributed by atoms with E-state index in [9.17, 15) is 0 Å². The van der Waals surface area contributed by atoms with Crippen LogP contribution in [0.2, 0.25) is 0 Å². The van der Waals surface area contributed by atoms with Crippen LogP contribution in [0, 0.1) is 0 Å². The first-order chi connectivity index (χ1) is 13.4. The number of nitrogens with one attached hydrogen (secondary N) is 2. The lowest BCUT2D eigenvalue weighted by Gasteiger charge is -2.05. The zero-order valence-electron chi connectivity index (χ0n) is 14.6. The van der Waals surface area contributed by atoms with Gasteiger partial charge in [0, 0.05) is 43.6 Å². The van der Waals surface area contributed by atoms with Crippen LogP contribution in [0.3, 0.4) is 0 Å². The SMILES string of the molecule is c1ccc2c(c1)[nH]c1c([Si]c3cccc4c3[nH]c3ccccc34)cccc12. The predicted octanol–water partition coefficient (Wildman–Crippen LogP) is 4.61. The Hall–Kier alpha value is -3.30. The molecule has 27 heavy (non-hydrogen) atoms. The number of hydrogen-bond acceptors (Lipinski definition) is 0. The first kappa shape index (κ1) is 14.8. The minimum absolute atomic E-state index is 0.591. The summed E-state index contributed by atoms with van der Waals surface area (Å²) >= 11 is 0. The molecular formula is C24H16N2Si. The molecule has 0 fully saturated rings. The third kappa shape index (κ3) is 2.19. The maximum atomic E-state index is 3.64. The molecule has 0 saturated heterocycles. The summed E-state index contributed by atoms with van der Waals surface area (Å²) in [5, 5.41) is 7.91. The summed E-state index contributed by atoms with van der Waals surface area (Å²) in [6.07, 6.45) is 0. The maximum Gasteiger partial charge on any atom is 0.127 e. The molecule has 0 aliphatic rings. The molecule has 0 aliphatic carbocycles. The van der Waals surface area contributed by atoms with Gasteiger partial charge in [-0.15, -0.1) is 0 Å². The number of hydrogen-bond donors (Lipinski definition) is 2. The molecule has 0 unspecified atom stereocenters. The molecule has 6 aromatic rings. The average Bonchev–Trinajstić information content (AvgIpc) is 3.28. The Labute approximate surface area is 158 Å². The van der Waals surface area contributed by atoms with Gasteiger partial charge in [-0.25, -0.2) is 0 Å². The summed E-state index contributed by atoms with van der Waals surface area (Å²) in [5.41, 5.74) is 4.91. The van der Waals surface area contributed by atoms with E-state index in [-0.39, 0.29) is 0 Å². The highest BCUT2D eigenvalue weighted by Crippen LogP contribution is 2.25. The van der Waals surface area contributed by atoms with E-state index in [1.54, 1.807) is 0 Å². The molecule has 2 nitrogen and oxygen atoms in total. The summed E-state index contributed by atoms with van der Waals surface area (Å²) in [5.74, 6) is 0. The predicted molar refractivity (Wildman–Crippen MR) is 117 cm³/mol. The van der Waals surface area contributed by atoms with Gasteiger partial charge in [-0.05, 0) is 22.5 Å². The van der Waals surface area contributed by atoms with Crippen LogP contribution in [-0.4, -0.2) is 19.5 Å². The van der Waals surface area contributed by atoms with Crippen LogP contribution in [-0.2, 0) is 0 Å². The Morgan fingerprint density at radius 3 is 1.41 bits per heavy atom. The second-order valence-corrected chi connectivity index (χ2v) is 8.25. The van der Waals surface area contributed by atoms with Crippen molar-refractivity contribution in [2.24, 2.45) is 0 Å². The number of rotatable bonds is 2. The van der Waals surface area contributed by atoms with Crippen LogP contribution in [0.1, 0.15) is 0 Å². The van der Waals surface area contributed by atoms with E-state index in [0.717, 1.165) is 0 Å². The number of aromatic amines is 2. The Morgan fingerprint density at radius 2 is 0.889 bits per heavy atom. The zero-order valence-corrected chi connectivity index (χ0v) is 15.6. The fourth-order valence-electron chi connectivity index (χ4n) is 4.10. The first-order valence-corrected chi connectivity index (χ1v) is 10.1. The van der Waals surface area contributed by atoms with Gasteiger partial charge in [-0.2, -0.15) is 0 Å². The Kier molecular flexibility index (Phi) is 3.07. The van der Waals surface area contributed by atoms with Crippen LogP contribution >= 0.6 is 0 Å². The Morgan fingerprint density at radius 1 is 0.444 bits per heavy atom. The second kappa shape index (κ2) is 5.60. The van der Waals surface area contributed by atoms with E-state index < -0.39 is 0 Å². The quantitative estimate of drug-likeness (QED) is 0.423. The molecule has 3 heteroatoms. The van der Waals surface area contributed by atoms with Gasteiger partial charge in [0.15, 0.2) is 0 Å². The fourth-order valence-corrected chi connectivity index (χ4v) is 5.39. The molecule has 0 bridgehead atoms. The molecule has 2 radical (unpaired) electrons. The molecule has 0 amide bonds. The topological polar surface area (TPSA) is 31.6 Å². The monoisotopic (exact) mass is 360 g/mol. The van der Waals surface area contributed by atoms with Gasteiger partial charge >= 0.3 is 0 Å². The lowest BCUT2D eigenvalue weighted by atomic mass is 10.1. The van der Waals surface area contributed by atoms with E-state index in [2.05, 4.69) is 94.9 Å². The summed E-state index contributed by atoms with van der Waals surface area (Å²) in [6, 6.07) is 30.4. The first-order valence-electron chi connectivity index (χ1n) is 9.14. The van der Waals surface area contributed by atoms with Crippen LogP contribution < -0.4 is 10.4 Å². The van der Waals surface area contributed by atoms with Crippen molar-refractivity contribution in [2.75, 3.05) is 0 Å². The Balaban J connectivity index is 1.57. The summed E-state index contributed by atoms with van der Waals surface area (Å²) in [6.45, 7) is 0. The molecule has 0 saturated carbocycles. The lowest BCUT2D eigenvalue weighted by molar-refractivity contribution is 1.55. The van der Waals surface area contributed by atoms with Gasteiger partial charge in [0.05, 0.1) is 0 Å². The molecule has 0 aliphatic heterocycles. The third-order valence-electron chi connectivity index (χ3n) is 5.35. The minimum atomic E-state index is 0.591. The smallest absolute Gasteiger partial charge is 0.127 e. The number of fused-ring (bicyclic) bond motifs is 6. The summed E-state index contributed by atoms with van der Waals surface area (Å²) < 4.78 is 0. The van der Waals surface area contributed by atoms with Gasteiger partial charge < -0.3 is 9.97 Å². The van der Waals surface area contributed by atoms with Crippen molar-refractivity contribution in [1.82, 2.24) is 9.97 Å². The van der Waals surface area contributed by atoms with Gasteiger partial charge in [0.25, 0.3) is 0 Å². The van der Waals surface area contributed by atoms with Crippen LogP contribution in [0.25, 0.3) is 43.6 Å². The molecule has 126 valence electrons. The maximum absolute atomic E-state index is 3.64. The highest BCUT2D eigenvalue weighted by atomic mass is 28.2. The van der Waals surface area contributed by atoms with E-state index in [4.69, 9.17) is 0 Å². The van der Waals surface area contributed by atoms with E-state index in [1.165, 1.54) is 54.0 Å². The molecule has 4 aromatic carbocycles. The normalized spacial score (nSPS) is 11.9. The molecule has 2 N–H and O–H groups in total. The van der Waals surface area contributed by atoms with Gasteiger partial charge in [-0.1, -0.05) is 72.8 Å². The van der Waals surface area contributed by atoms with E-state index in [1.807, 2.05) is 0 Å². The van der Waals surface area contributed by atoms with Gasteiger partial charge in [0.2, 0.25) is 0 Å². The molecule has 0 spiro atoms. The Bertz CT molecular complexity index is 1340. The standard InChI is InChI=1S/C24H16N2Si/c1-3-11-19-15(7-1)17-9-5-13-21(23(17)25-19)27-22-14-6-10-18-16-8-2-4-12-20(16)26-24(18)22/h1-14,25-26H. The van der Waals surface area contributed by atoms with Crippen LogP contribution in [0.15, 0.2) is 84.9 Å². The van der Waals surface area contributed by atoms with Crippen molar-refractivity contribution in [3.63, 3.8) is 0 Å². The van der Waals surface area contributed by atoms with Crippen molar-refractivity contribution in [2.45, 2.75) is 0 Å². The summed E-state index contributed by atoms with van der Waals surface area (Å²) in [7, 11) is 0.591. The highest BCUT2D eigenvalue weighted by Gasteiger charge is 2.12. The zero-order chi connectivity index (χ0) is 17.8. The number of para-hydroxylation sites is 4. The highest BCUT2D eigenvalue weighted by molar-refractivity contribution is 6.72. The van der Waals surface area contributed by atoms with Crippen molar-refractivity contribution in [1.29, 1.82) is 0 Å². The minimum Gasteiger partial charge on any atom is -0.355 e. The third-order valence-corrected chi connectivity index (χ3v) is 6.72. The number of H-pyrrole nitrogens is 2. The van der Waals surface area contributed by atoms with Crippen molar-refractivity contribution < 1.29 is 0 Å². The number of benzene rings is 4. The van der Waals surface area contributed by atoms with Crippen LogP contribution in [0.4, 0.5) is 0 Å². The fraction of sp³-hybridized carbons (Fsp3) is 0. The average molecular weight is 360 g/mol. The van der Waals surface area contributed by atoms with E-state index in [0.29, 0.717) is 9.52 Å². The van der Waals surface area contributed by atoms with Crippen LogP contribution in [0.5, 0.6) is 0 Å². The lowest BCUT2D eigenvalue weighted by Crippen LogP contribution is -2.28. The second-order valence-electron chi connectivity index (χ2n) is 6.92. The number of aromatic nitrogens is 2. The van der Waals surface area contributed by atoms with Crippen molar-refractivity contribution in [3.05, 3.63) is 84.9 Å². The van der Waals surface area contributed by atoms with Crippen molar-refractivity contribution >= 4 is 63.5 Å². The van der Waals surface area contributed by atoms with E-state index >= 15 is 0 Å². The molecule has 0 atom stereocenters. The van der Waals surface area contributed by atoms with Gasteiger partial charge in [-0.3, -0.25) is 0 Å². The molecular weight excluding hydrogens is 344 g/mol. The molecule has 2 aromatic heterocycles. The largest absolute Gasteiger partial charge is 0.355 e. The molecule has 2 heterocycles. The van der Waals surface area contributed by atoms with Crippen molar-refractivity contribution in [3.8, 4) is 0 Å².